The summed E-state index contributed by atoms with van der Waals surface area (Å²) in [5, 5.41) is 4.63. The Labute approximate surface area is 322 Å². The number of nitrogens with zero attached hydrogens (tertiary/aromatic N) is 5. The minimum atomic E-state index is -0.00157. The van der Waals surface area contributed by atoms with E-state index >= 15 is 0 Å². The van der Waals surface area contributed by atoms with Crippen molar-refractivity contribution in [3.8, 4) is 34.0 Å². The van der Waals surface area contributed by atoms with E-state index in [1.807, 2.05) is 24.4 Å². The Morgan fingerprint density at radius 3 is 2.21 bits per heavy atom. The number of pyridine rings is 1. The predicted molar refractivity (Wildman–Crippen MR) is 215 cm³/mol. The first kappa shape index (κ1) is 33.1. The minimum Gasteiger partial charge on any atom is -0.656 e. The third kappa shape index (κ3) is 5.17. The fourth-order valence-corrected chi connectivity index (χ4v) is 8.10. The molecule has 0 radical (unpaired) electrons. The number of aromatic nitrogens is 5. The number of hydrogen-bond donors (Lipinski definition) is 0. The quantitative estimate of drug-likeness (QED) is 0.166. The van der Waals surface area contributed by atoms with Gasteiger partial charge in [0, 0.05) is 23.0 Å². The number of fused-ring (bicyclic) bond motifs is 7. The molecule has 10 rings (SSSR count). The van der Waals surface area contributed by atoms with Crippen molar-refractivity contribution < 1.29 is 21.1 Å². The monoisotopic (exact) mass is 864 g/mol. The van der Waals surface area contributed by atoms with Crippen molar-refractivity contribution in [3.05, 3.63) is 157 Å². The van der Waals surface area contributed by atoms with Crippen LogP contribution in [0.3, 0.4) is 0 Å². The van der Waals surface area contributed by atoms with Gasteiger partial charge in [-0.1, -0.05) is 117 Å². The zero-order valence-electron chi connectivity index (χ0n) is 29.8. The molecule has 10 aromatic rings. The van der Waals surface area contributed by atoms with Gasteiger partial charge in [-0.05, 0) is 81.5 Å². The average molecular weight is 865 g/mol. The van der Waals surface area contributed by atoms with E-state index in [1.54, 1.807) is 0 Å². The van der Waals surface area contributed by atoms with Crippen LogP contribution in [0.1, 0.15) is 31.9 Å². The van der Waals surface area contributed by atoms with E-state index in [2.05, 4.69) is 158 Å². The Morgan fingerprint density at radius 1 is 0.642 bits per heavy atom. The summed E-state index contributed by atoms with van der Waals surface area (Å²) < 4.78 is 4.54. The van der Waals surface area contributed by atoms with Gasteiger partial charge in [-0.25, -0.2) is 9.97 Å². The Bertz CT molecular complexity index is 3000. The van der Waals surface area contributed by atoms with E-state index in [0.29, 0.717) is 0 Å². The standard InChI is InChI=1S/C47H35N5.Pt/c1-29-26-37-34-24-23-30(27-41(34)52(43-22-10-11-25-48-43)42(37)28-38(29)47(2,3)4)32-17-13-21-40-45(32)50-46(51(40)31-14-6-5-7-15-31)36-19-12-18-35-33-16-8-9-20-39(33)49-44(35)36;/h5-26,28H,1-4H3;/q-2;+2. The molecule has 5 nitrogen and oxygen atoms in total. The summed E-state index contributed by atoms with van der Waals surface area (Å²) in [6.07, 6.45) is 1.86. The third-order valence-corrected chi connectivity index (χ3v) is 10.4. The molecule has 0 N–H and O–H groups in total. The molecule has 258 valence electrons. The average Bonchev–Trinajstić information content (AvgIpc) is 3.84. The number of rotatable bonds is 4. The van der Waals surface area contributed by atoms with Crippen LogP contribution in [-0.4, -0.2) is 19.1 Å². The normalized spacial score (nSPS) is 12.0. The smallest absolute Gasteiger partial charge is 0.656 e. The molecule has 0 saturated carbocycles. The summed E-state index contributed by atoms with van der Waals surface area (Å²) in [6.45, 7) is 9.05. The van der Waals surface area contributed by atoms with Gasteiger partial charge >= 0.3 is 21.1 Å². The summed E-state index contributed by atoms with van der Waals surface area (Å²) in [4.78, 5) is 15.5. The van der Waals surface area contributed by atoms with E-state index in [1.165, 1.54) is 16.5 Å². The molecule has 6 heteroatoms. The van der Waals surface area contributed by atoms with Crippen molar-refractivity contribution in [2.24, 2.45) is 0 Å². The van der Waals surface area contributed by atoms with Crippen LogP contribution >= 0.6 is 0 Å². The first-order chi connectivity index (χ1) is 25.3. The van der Waals surface area contributed by atoms with Crippen LogP contribution in [0.15, 0.2) is 140 Å². The van der Waals surface area contributed by atoms with Gasteiger partial charge in [0.25, 0.3) is 0 Å². The molecular formula is C47H35N5Pt. The Balaban J connectivity index is 0.00000372. The molecule has 4 aromatic heterocycles. The maximum atomic E-state index is 5.49. The fourth-order valence-electron chi connectivity index (χ4n) is 8.10. The molecule has 0 saturated heterocycles. The summed E-state index contributed by atoms with van der Waals surface area (Å²) in [6, 6.07) is 50.8. The predicted octanol–water partition coefficient (Wildman–Crippen LogP) is 11.5. The van der Waals surface area contributed by atoms with Crippen LogP contribution in [0.4, 0.5) is 0 Å². The van der Waals surface area contributed by atoms with E-state index in [0.717, 1.165) is 83.3 Å². The van der Waals surface area contributed by atoms with Crippen molar-refractivity contribution in [2.45, 2.75) is 33.1 Å². The Morgan fingerprint density at radius 2 is 1.40 bits per heavy atom. The van der Waals surface area contributed by atoms with E-state index in [9.17, 15) is 0 Å². The molecule has 0 spiro atoms. The van der Waals surface area contributed by atoms with Crippen molar-refractivity contribution >= 4 is 54.6 Å². The van der Waals surface area contributed by atoms with Gasteiger partial charge in [0.2, 0.25) is 0 Å². The number of aryl methyl sites for hydroxylation is 1. The van der Waals surface area contributed by atoms with Crippen LogP contribution < -0.4 is 4.98 Å². The van der Waals surface area contributed by atoms with Gasteiger partial charge in [0.05, 0.1) is 11.0 Å². The zero-order chi connectivity index (χ0) is 35.1. The molecule has 0 bridgehead atoms. The van der Waals surface area contributed by atoms with Crippen LogP contribution in [0.5, 0.6) is 0 Å². The van der Waals surface area contributed by atoms with Crippen molar-refractivity contribution in [1.29, 1.82) is 0 Å². The van der Waals surface area contributed by atoms with Gasteiger partial charge in [0.15, 0.2) is 0 Å². The number of imidazole rings is 1. The van der Waals surface area contributed by atoms with Gasteiger partial charge in [-0.15, -0.1) is 34.8 Å². The third-order valence-electron chi connectivity index (χ3n) is 10.4. The maximum absolute atomic E-state index is 5.49. The molecule has 0 aliphatic carbocycles. The largest absolute Gasteiger partial charge is 2.00 e. The molecule has 0 amide bonds. The van der Waals surface area contributed by atoms with E-state index in [-0.39, 0.29) is 26.5 Å². The number of benzene rings is 6. The molecule has 53 heavy (non-hydrogen) atoms. The molecule has 0 atom stereocenters. The van der Waals surface area contributed by atoms with Crippen molar-refractivity contribution in [1.82, 2.24) is 24.1 Å². The second-order valence-corrected chi connectivity index (χ2v) is 14.7. The van der Waals surface area contributed by atoms with Gasteiger partial charge in [-0.2, -0.15) is 0 Å². The molecule has 0 unspecified atom stereocenters. The summed E-state index contributed by atoms with van der Waals surface area (Å²) in [7, 11) is 0. The first-order valence-corrected chi connectivity index (χ1v) is 17.8. The summed E-state index contributed by atoms with van der Waals surface area (Å²) in [5.74, 6) is 1.73. The number of hydrogen-bond acceptors (Lipinski definition) is 2. The molecule has 0 aliphatic rings. The zero-order valence-corrected chi connectivity index (χ0v) is 32.1. The Hall–Kier alpha value is -5.77. The number of para-hydroxylation sites is 4. The first-order valence-electron chi connectivity index (χ1n) is 17.8. The molecule has 0 fully saturated rings. The van der Waals surface area contributed by atoms with Crippen LogP contribution in [0.25, 0.3) is 88.7 Å². The van der Waals surface area contributed by atoms with Gasteiger partial charge in [-0.3, -0.25) is 4.57 Å². The van der Waals surface area contributed by atoms with E-state index < -0.39 is 0 Å². The summed E-state index contributed by atoms with van der Waals surface area (Å²) >= 11 is 0. The second kappa shape index (κ2) is 12.4. The minimum absolute atomic E-state index is 0. The van der Waals surface area contributed by atoms with E-state index in [4.69, 9.17) is 15.0 Å². The fraction of sp³-hybridized carbons (Fsp3) is 0.106. The van der Waals surface area contributed by atoms with Crippen LogP contribution in [0.2, 0.25) is 0 Å². The van der Waals surface area contributed by atoms with Crippen LogP contribution in [-0.2, 0) is 26.5 Å². The van der Waals surface area contributed by atoms with Gasteiger partial charge in [0.1, 0.15) is 11.6 Å². The Kier molecular flexibility index (Phi) is 7.76. The molecule has 6 aromatic carbocycles. The SMILES string of the molecule is Cc1cc2c3ccc(-c4cccc5c4nc(-c4cccc6c4[n-]c4ccccc46)n5-c4ccccc4)[c-]c3n(-c3ccccn3)c2cc1C(C)(C)C.[Pt+2]. The molecular weight excluding hydrogens is 830 g/mol. The maximum Gasteiger partial charge on any atom is 2.00 e. The summed E-state index contributed by atoms with van der Waals surface area (Å²) in [5.41, 5.74) is 12.7. The molecule has 0 aliphatic heterocycles. The molecule has 4 heterocycles. The second-order valence-electron chi connectivity index (χ2n) is 14.7. The van der Waals surface area contributed by atoms with Crippen molar-refractivity contribution in [3.63, 3.8) is 0 Å². The van der Waals surface area contributed by atoms with Crippen LogP contribution in [0, 0.1) is 13.0 Å². The van der Waals surface area contributed by atoms with Crippen molar-refractivity contribution in [2.75, 3.05) is 0 Å². The van der Waals surface area contributed by atoms with Gasteiger partial charge < -0.3 is 9.55 Å². The topological polar surface area (TPSA) is 49.7 Å².